The standard InChI is InChI=1S/C12H25N3/c1-5-6-15-9-11(2)8-14(4)12(10-15)7-13-3/h5,11-13H,1,6-10H2,2-4H3. The fourth-order valence-corrected chi connectivity index (χ4v) is 2.44. The van der Waals surface area contributed by atoms with Gasteiger partial charge in [-0.2, -0.15) is 0 Å². The second-order valence-corrected chi connectivity index (χ2v) is 4.76. The van der Waals surface area contributed by atoms with E-state index in [-0.39, 0.29) is 0 Å². The molecule has 0 saturated carbocycles. The van der Waals surface area contributed by atoms with Crippen LogP contribution in [-0.4, -0.2) is 62.7 Å². The molecule has 1 N–H and O–H groups in total. The van der Waals surface area contributed by atoms with E-state index in [9.17, 15) is 0 Å². The summed E-state index contributed by atoms with van der Waals surface area (Å²) in [5, 5.41) is 3.28. The molecule has 0 spiro atoms. The second kappa shape index (κ2) is 6.26. The summed E-state index contributed by atoms with van der Waals surface area (Å²) in [6.45, 7) is 11.8. The van der Waals surface area contributed by atoms with Crippen LogP contribution in [0.2, 0.25) is 0 Å². The topological polar surface area (TPSA) is 18.5 Å². The minimum absolute atomic E-state index is 0.625. The van der Waals surface area contributed by atoms with Gasteiger partial charge in [0.1, 0.15) is 0 Å². The molecule has 1 heterocycles. The van der Waals surface area contributed by atoms with Gasteiger partial charge in [0, 0.05) is 38.8 Å². The lowest BCUT2D eigenvalue weighted by Gasteiger charge is -2.28. The zero-order valence-corrected chi connectivity index (χ0v) is 10.4. The SMILES string of the molecule is C=CCN1CC(C)CN(C)C(CNC)C1. The molecule has 1 aliphatic heterocycles. The van der Waals surface area contributed by atoms with E-state index in [0.717, 1.165) is 25.6 Å². The molecular formula is C12H25N3. The lowest BCUT2D eigenvalue weighted by Crippen LogP contribution is -2.44. The van der Waals surface area contributed by atoms with Crippen LogP contribution >= 0.6 is 0 Å². The van der Waals surface area contributed by atoms with Crippen molar-refractivity contribution in [2.24, 2.45) is 5.92 Å². The Morgan fingerprint density at radius 1 is 1.40 bits per heavy atom. The second-order valence-electron chi connectivity index (χ2n) is 4.76. The number of nitrogens with one attached hydrogen (secondary N) is 1. The van der Waals surface area contributed by atoms with Crippen LogP contribution in [0, 0.1) is 5.92 Å². The van der Waals surface area contributed by atoms with Crippen molar-refractivity contribution in [3.8, 4) is 0 Å². The van der Waals surface area contributed by atoms with Crippen LogP contribution in [0.25, 0.3) is 0 Å². The first kappa shape index (κ1) is 12.7. The van der Waals surface area contributed by atoms with E-state index in [1.807, 2.05) is 13.1 Å². The maximum absolute atomic E-state index is 3.83. The molecule has 88 valence electrons. The Kier molecular flexibility index (Phi) is 5.29. The van der Waals surface area contributed by atoms with Crippen LogP contribution < -0.4 is 5.32 Å². The highest BCUT2D eigenvalue weighted by Gasteiger charge is 2.24. The highest BCUT2D eigenvalue weighted by atomic mass is 15.2. The molecule has 0 radical (unpaired) electrons. The zero-order valence-electron chi connectivity index (χ0n) is 10.4. The summed E-state index contributed by atoms with van der Waals surface area (Å²) in [6, 6.07) is 0.625. The normalized spacial score (nSPS) is 30.1. The monoisotopic (exact) mass is 211 g/mol. The number of hydrogen-bond donors (Lipinski definition) is 1. The van der Waals surface area contributed by atoms with Gasteiger partial charge in [-0.1, -0.05) is 13.0 Å². The number of nitrogens with zero attached hydrogens (tertiary/aromatic N) is 2. The molecule has 3 nitrogen and oxygen atoms in total. The molecule has 1 rings (SSSR count). The number of rotatable bonds is 4. The summed E-state index contributed by atoms with van der Waals surface area (Å²) in [4.78, 5) is 4.98. The molecule has 15 heavy (non-hydrogen) atoms. The zero-order chi connectivity index (χ0) is 11.3. The van der Waals surface area contributed by atoms with Crippen LogP contribution in [0.3, 0.4) is 0 Å². The van der Waals surface area contributed by atoms with Gasteiger partial charge in [-0.25, -0.2) is 0 Å². The molecule has 0 aromatic heterocycles. The highest BCUT2D eigenvalue weighted by Crippen LogP contribution is 2.12. The van der Waals surface area contributed by atoms with E-state index in [1.165, 1.54) is 13.1 Å². The molecule has 1 aliphatic rings. The minimum Gasteiger partial charge on any atom is -0.318 e. The Labute approximate surface area is 94.1 Å². The Hall–Kier alpha value is -0.380. The van der Waals surface area contributed by atoms with Gasteiger partial charge in [-0.3, -0.25) is 4.90 Å². The van der Waals surface area contributed by atoms with E-state index in [4.69, 9.17) is 0 Å². The first-order chi connectivity index (χ1) is 7.17. The molecule has 0 aromatic rings. The van der Waals surface area contributed by atoms with Crippen molar-refractivity contribution in [2.45, 2.75) is 13.0 Å². The Bertz CT molecular complexity index is 193. The summed E-state index contributed by atoms with van der Waals surface area (Å²) < 4.78 is 0. The van der Waals surface area contributed by atoms with E-state index in [0.29, 0.717) is 6.04 Å². The largest absolute Gasteiger partial charge is 0.318 e. The Balaban J connectivity index is 2.58. The molecule has 0 bridgehead atoms. The molecule has 2 unspecified atom stereocenters. The fraction of sp³-hybridized carbons (Fsp3) is 0.833. The van der Waals surface area contributed by atoms with Gasteiger partial charge in [-0.05, 0) is 20.0 Å². The third-order valence-electron chi connectivity index (χ3n) is 3.09. The molecule has 3 heteroatoms. The average molecular weight is 211 g/mol. The van der Waals surface area contributed by atoms with Crippen molar-refractivity contribution in [3.05, 3.63) is 12.7 Å². The quantitative estimate of drug-likeness (QED) is 0.689. The van der Waals surface area contributed by atoms with Crippen LogP contribution in [0.1, 0.15) is 6.92 Å². The Morgan fingerprint density at radius 3 is 2.73 bits per heavy atom. The molecule has 0 aliphatic carbocycles. The van der Waals surface area contributed by atoms with Crippen LogP contribution in [-0.2, 0) is 0 Å². The van der Waals surface area contributed by atoms with E-state index in [1.54, 1.807) is 0 Å². The lowest BCUT2D eigenvalue weighted by molar-refractivity contribution is 0.213. The maximum atomic E-state index is 3.83. The summed E-state index contributed by atoms with van der Waals surface area (Å²) in [5.41, 5.74) is 0. The van der Waals surface area contributed by atoms with Crippen LogP contribution in [0.5, 0.6) is 0 Å². The minimum atomic E-state index is 0.625. The van der Waals surface area contributed by atoms with Gasteiger partial charge >= 0.3 is 0 Å². The number of hydrogen-bond acceptors (Lipinski definition) is 3. The van der Waals surface area contributed by atoms with Gasteiger partial charge in [0.15, 0.2) is 0 Å². The average Bonchev–Trinajstić information content (AvgIpc) is 2.28. The first-order valence-corrected chi connectivity index (χ1v) is 5.85. The van der Waals surface area contributed by atoms with Crippen molar-refractivity contribution in [1.82, 2.24) is 15.1 Å². The maximum Gasteiger partial charge on any atom is 0.0344 e. The van der Waals surface area contributed by atoms with Crippen LogP contribution in [0.4, 0.5) is 0 Å². The molecule has 0 amide bonds. The molecular weight excluding hydrogens is 186 g/mol. The summed E-state index contributed by atoms with van der Waals surface area (Å²) >= 11 is 0. The van der Waals surface area contributed by atoms with Gasteiger partial charge in [-0.15, -0.1) is 6.58 Å². The Morgan fingerprint density at radius 2 is 2.13 bits per heavy atom. The predicted molar refractivity (Wildman–Crippen MR) is 66.1 cm³/mol. The van der Waals surface area contributed by atoms with Crippen molar-refractivity contribution in [2.75, 3.05) is 46.8 Å². The van der Waals surface area contributed by atoms with Gasteiger partial charge in [0.25, 0.3) is 0 Å². The van der Waals surface area contributed by atoms with Crippen molar-refractivity contribution >= 4 is 0 Å². The highest BCUT2D eigenvalue weighted by molar-refractivity contribution is 4.85. The van der Waals surface area contributed by atoms with Gasteiger partial charge in [0.2, 0.25) is 0 Å². The summed E-state index contributed by atoms with van der Waals surface area (Å²) in [5.74, 6) is 0.747. The fourth-order valence-electron chi connectivity index (χ4n) is 2.44. The first-order valence-electron chi connectivity index (χ1n) is 5.85. The summed E-state index contributed by atoms with van der Waals surface area (Å²) in [6.07, 6.45) is 2.01. The third kappa shape index (κ3) is 3.93. The van der Waals surface area contributed by atoms with E-state index >= 15 is 0 Å². The molecule has 1 saturated heterocycles. The van der Waals surface area contributed by atoms with Crippen molar-refractivity contribution in [1.29, 1.82) is 0 Å². The van der Waals surface area contributed by atoms with Crippen molar-refractivity contribution in [3.63, 3.8) is 0 Å². The number of likely N-dealkylation sites (N-methyl/N-ethyl adjacent to an activating group) is 2. The van der Waals surface area contributed by atoms with Crippen LogP contribution in [0.15, 0.2) is 12.7 Å². The lowest BCUT2D eigenvalue weighted by atomic mass is 10.1. The van der Waals surface area contributed by atoms with E-state index in [2.05, 4.69) is 35.7 Å². The van der Waals surface area contributed by atoms with Gasteiger partial charge < -0.3 is 10.2 Å². The smallest absolute Gasteiger partial charge is 0.0344 e. The van der Waals surface area contributed by atoms with E-state index < -0.39 is 0 Å². The molecule has 2 atom stereocenters. The van der Waals surface area contributed by atoms with Crippen molar-refractivity contribution < 1.29 is 0 Å². The third-order valence-corrected chi connectivity index (χ3v) is 3.09. The molecule has 1 fully saturated rings. The molecule has 0 aromatic carbocycles. The van der Waals surface area contributed by atoms with Gasteiger partial charge in [0.05, 0.1) is 0 Å². The predicted octanol–water partition coefficient (Wildman–Crippen LogP) is 0.644. The summed E-state index contributed by atoms with van der Waals surface area (Å²) in [7, 11) is 4.26.